The number of rotatable bonds is 9. The van der Waals surface area contributed by atoms with Crippen molar-refractivity contribution in [2.75, 3.05) is 44.6 Å². The van der Waals surface area contributed by atoms with Crippen molar-refractivity contribution >= 4 is 17.6 Å². The fourth-order valence-electron chi connectivity index (χ4n) is 5.75. The van der Waals surface area contributed by atoms with E-state index >= 15 is 0 Å². The maximum absolute atomic E-state index is 13.7. The summed E-state index contributed by atoms with van der Waals surface area (Å²) in [5, 5.41) is 15.7. The number of amides is 3. The van der Waals surface area contributed by atoms with Crippen molar-refractivity contribution < 1.29 is 41.0 Å². The van der Waals surface area contributed by atoms with Crippen molar-refractivity contribution in [2.45, 2.75) is 63.9 Å². The Bertz CT molecular complexity index is 1220. The summed E-state index contributed by atoms with van der Waals surface area (Å²) in [7, 11) is 0. The van der Waals surface area contributed by atoms with E-state index in [2.05, 4.69) is 10.6 Å². The second-order valence-electron chi connectivity index (χ2n) is 11.9. The Morgan fingerprint density at radius 2 is 1.60 bits per heavy atom. The van der Waals surface area contributed by atoms with Crippen LogP contribution in [0.15, 0.2) is 47.6 Å². The van der Waals surface area contributed by atoms with Gasteiger partial charge in [0.2, 0.25) is 0 Å². The number of halogens is 6. The lowest BCUT2D eigenvalue weighted by atomic mass is 9.65. The van der Waals surface area contributed by atoms with Crippen molar-refractivity contribution in [3.8, 4) is 0 Å². The molecule has 0 aromatic heterocycles. The Morgan fingerprint density at radius 1 is 1.00 bits per heavy atom. The number of piperazine rings is 1. The Balaban J connectivity index is 1.35. The second kappa shape index (κ2) is 12.5. The molecule has 3 N–H and O–H groups in total. The fourth-order valence-corrected chi connectivity index (χ4v) is 5.75. The van der Waals surface area contributed by atoms with Gasteiger partial charge in [0.05, 0.1) is 0 Å². The van der Waals surface area contributed by atoms with Gasteiger partial charge < -0.3 is 20.6 Å². The summed E-state index contributed by atoms with van der Waals surface area (Å²) >= 11 is 0. The summed E-state index contributed by atoms with van der Waals surface area (Å²) in [6, 6.07) is 6.29. The van der Waals surface area contributed by atoms with Crippen molar-refractivity contribution in [2.24, 2.45) is 11.3 Å². The number of carbonyl (C=O) groups is 2. The van der Waals surface area contributed by atoms with E-state index < -0.39 is 29.8 Å². The average Bonchev–Trinajstić information content (AvgIpc) is 3.77. The Kier molecular flexibility index (Phi) is 9.55. The Morgan fingerprint density at radius 3 is 2.14 bits per heavy atom. The molecule has 1 unspecified atom stereocenters. The van der Waals surface area contributed by atoms with Crippen LogP contribution in [0, 0.1) is 11.3 Å². The lowest BCUT2D eigenvalue weighted by molar-refractivity contribution is -0.395. The predicted molar refractivity (Wildman–Crippen MR) is 149 cm³/mol. The number of hydrogen-bond donors (Lipinski definition) is 3. The highest BCUT2D eigenvalue weighted by atomic mass is 19.4. The summed E-state index contributed by atoms with van der Waals surface area (Å²) in [5.41, 5.74) is -5.40. The largest absolute Gasteiger partial charge is 0.427 e. The van der Waals surface area contributed by atoms with Crippen molar-refractivity contribution in [3.05, 3.63) is 53.1 Å². The molecular formula is C30H38F6N4O3. The molecule has 3 aliphatic rings. The molecule has 1 aliphatic heterocycles. The van der Waals surface area contributed by atoms with E-state index in [9.17, 15) is 41.0 Å². The minimum Gasteiger partial charge on any atom is -0.373 e. The molecule has 1 saturated heterocycles. The first-order chi connectivity index (χ1) is 20.1. The number of aliphatic hydroxyl groups is 1. The van der Waals surface area contributed by atoms with Crippen molar-refractivity contribution in [1.82, 2.24) is 15.1 Å². The molecule has 1 heterocycles. The Hall–Kier alpha value is -3.06. The van der Waals surface area contributed by atoms with Gasteiger partial charge in [-0.25, -0.2) is 4.79 Å². The van der Waals surface area contributed by atoms with Crippen LogP contribution in [0.25, 0.3) is 0 Å². The second-order valence-corrected chi connectivity index (χ2v) is 11.9. The number of nitrogens with one attached hydrogen (secondary N) is 2. The standard InChI is InChI=1S/C30H38F6N4O3/c1-3-4-22-17-27(2,28(43,29(31,32)33)30(34,35)36)12-11-23(22)19-39-13-15-40(16-14-39)25(41)21-7-9-24(10-8-21)38-26(42)37-18-20-5-6-20/h7-12,20,43H,3-6,13-19H2,1-2H3,(H2,37,38,42). The van der Waals surface area contributed by atoms with Crippen LogP contribution in [0.4, 0.5) is 36.8 Å². The fraction of sp³-hybridized carbons (Fsp3) is 0.600. The average molecular weight is 617 g/mol. The number of urea groups is 1. The number of allylic oxidation sites excluding steroid dienone is 1. The van der Waals surface area contributed by atoms with Gasteiger partial charge in [-0.15, -0.1) is 0 Å². The molecule has 7 nitrogen and oxygen atoms in total. The first-order valence-electron chi connectivity index (χ1n) is 14.5. The van der Waals surface area contributed by atoms with Crippen molar-refractivity contribution in [3.63, 3.8) is 0 Å². The van der Waals surface area contributed by atoms with Crippen LogP contribution in [0.1, 0.15) is 56.3 Å². The van der Waals surface area contributed by atoms with Gasteiger partial charge >= 0.3 is 18.4 Å². The van der Waals surface area contributed by atoms with Gasteiger partial charge in [-0.05, 0) is 61.4 Å². The lowest BCUT2D eigenvalue weighted by Crippen LogP contribution is -2.66. The van der Waals surface area contributed by atoms with E-state index in [-0.39, 0.29) is 11.9 Å². The normalized spacial score (nSPS) is 22.1. The van der Waals surface area contributed by atoms with E-state index in [0.29, 0.717) is 80.4 Å². The number of benzene rings is 1. The lowest BCUT2D eigenvalue weighted by Gasteiger charge is -2.47. The molecule has 1 saturated carbocycles. The zero-order chi connectivity index (χ0) is 31.6. The maximum Gasteiger partial charge on any atom is 0.427 e. The van der Waals surface area contributed by atoms with Gasteiger partial charge in [0, 0.05) is 55.9 Å². The number of alkyl halides is 6. The van der Waals surface area contributed by atoms with Gasteiger partial charge in [-0.2, -0.15) is 26.3 Å². The molecule has 13 heteroatoms. The van der Waals surface area contributed by atoms with Crippen LogP contribution in [0.3, 0.4) is 0 Å². The summed E-state index contributed by atoms with van der Waals surface area (Å²) in [5.74, 6) is 0.376. The molecule has 1 aromatic rings. The van der Waals surface area contributed by atoms with Crippen molar-refractivity contribution in [1.29, 1.82) is 0 Å². The molecular weight excluding hydrogens is 578 g/mol. The van der Waals surface area contributed by atoms with E-state index in [4.69, 9.17) is 0 Å². The molecule has 2 aliphatic carbocycles. The topological polar surface area (TPSA) is 84.9 Å². The third-order valence-corrected chi connectivity index (χ3v) is 8.58. The first kappa shape index (κ1) is 32.8. The van der Waals surface area contributed by atoms with E-state index in [1.807, 2.05) is 4.90 Å². The summed E-state index contributed by atoms with van der Waals surface area (Å²) in [6.07, 6.45) is -7.20. The molecule has 4 rings (SSSR count). The van der Waals surface area contributed by atoms with Gasteiger partial charge in [0.25, 0.3) is 11.5 Å². The molecule has 1 aromatic carbocycles. The van der Waals surface area contributed by atoms with E-state index in [0.717, 1.165) is 25.8 Å². The molecule has 0 radical (unpaired) electrons. The van der Waals surface area contributed by atoms with Crippen LogP contribution in [0.5, 0.6) is 0 Å². The first-order valence-corrected chi connectivity index (χ1v) is 14.5. The summed E-state index contributed by atoms with van der Waals surface area (Å²) < 4.78 is 82.1. The van der Waals surface area contributed by atoms with Crippen LogP contribution in [-0.2, 0) is 0 Å². The molecule has 0 bridgehead atoms. The van der Waals surface area contributed by atoms with Gasteiger partial charge in [-0.3, -0.25) is 9.69 Å². The Labute approximate surface area is 247 Å². The maximum atomic E-state index is 13.7. The smallest absolute Gasteiger partial charge is 0.373 e. The SMILES string of the molecule is CCCC1=C(CN2CCN(C(=O)c3ccc(NC(=O)NCC4CC4)cc3)CC2)C=CC(C)(C(O)(C(F)(F)F)C(F)(F)F)C1. The highest BCUT2D eigenvalue weighted by molar-refractivity contribution is 5.95. The van der Waals surface area contributed by atoms with E-state index in [1.165, 1.54) is 6.08 Å². The zero-order valence-corrected chi connectivity index (χ0v) is 24.2. The van der Waals surface area contributed by atoms with Crippen LogP contribution in [0.2, 0.25) is 0 Å². The minimum absolute atomic E-state index is 0.179. The molecule has 3 amide bonds. The molecule has 43 heavy (non-hydrogen) atoms. The predicted octanol–water partition coefficient (Wildman–Crippen LogP) is 5.89. The minimum atomic E-state index is -5.91. The van der Waals surface area contributed by atoms with Gasteiger partial charge in [0.1, 0.15) is 0 Å². The monoisotopic (exact) mass is 616 g/mol. The molecule has 1 atom stereocenters. The van der Waals surface area contributed by atoms with Gasteiger partial charge in [0.15, 0.2) is 0 Å². The summed E-state index contributed by atoms with van der Waals surface area (Å²) in [4.78, 5) is 28.7. The quantitative estimate of drug-likeness (QED) is 0.302. The number of nitrogens with zero attached hydrogens (tertiary/aromatic N) is 2. The van der Waals surface area contributed by atoms with Gasteiger partial charge in [-0.1, -0.05) is 38.0 Å². The third kappa shape index (κ3) is 7.19. The third-order valence-electron chi connectivity index (χ3n) is 8.58. The molecule has 0 spiro atoms. The number of hydrogen-bond acceptors (Lipinski definition) is 4. The zero-order valence-electron chi connectivity index (χ0n) is 24.2. The number of carbonyl (C=O) groups excluding carboxylic acids is 2. The van der Waals surface area contributed by atoms with E-state index in [1.54, 1.807) is 36.1 Å². The van der Waals surface area contributed by atoms with Crippen LogP contribution >= 0.6 is 0 Å². The number of anilines is 1. The summed E-state index contributed by atoms with van der Waals surface area (Å²) in [6.45, 7) is 5.25. The van der Waals surface area contributed by atoms with Crippen LogP contribution in [-0.4, -0.2) is 84.1 Å². The van der Waals surface area contributed by atoms with Crippen LogP contribution < -0.4 is 10.6 Å². The molecule has 238 valence electrons. The molecule has 2 fully saturated rings. The highest BCUT2D eigenvalue weighted by Crippen LogP contribution is 2.57. The highest BCUT2D eigenvalue weighted by Gasteiger charge is 2.77.